The van der Waals surface area contributed by atoms with Gasteiger partial charge in [0.2, 0.25) is 0 Å². The molecule has 0 radical (unpaired) electrons. The van der Waals surface area contributed by atoms with Gasteiger partial charge < -0.3 is 20.0 Å². The van der Waals surface area contributed by atoms with Crippen molar-refractivity contribution in [1.82, 2.24) is 19.7 Å². The SMILES string of the molecule is O=C(O)c1ccc(CN2CCN(C[C@H](O)CN3CCc4ccccc4C3)C2=O)nc1. The second-order valence-corrected chi connectivity index (χ2v) is 7.90. The fourth-order valence-electron chi connectivity index (χ4n) is 4.11. The number of carboxylic acid groups (broad SMARTS) is 1. The number of urea groups is 1. The van der Waals surface area contributed by atoms with Crippen LogP contribution in [0.15, 0.2) is 42.6 Å². The number of rotatable bonds is 7. The molecule has 30 heavy (non-hydrogen) atoms. The van der Waals surface area contributed by atoms with Crippen LogP contribution in [0.3, 0.4) is 0 Å². The molecule has 0 bridgehead atoms. The number of aliphatic hydroxyl groups excluding tert-OH is 1. The maximum atomic E-state index is 12.7. The van der Waals surface area contributed by atoms with Gasteiger partial charge in [-0.05, 0) is 29.7 Å². The number of nitrogens with zero attached hydrogens (tertiary/aromatic N) is 4. The highest BCUT2D eigenvalue weighted by molar-refractivity contribution is 5.87. The van der Waals surface area contributed by atoms with Crippen LogP contribution in [-0.2, 0) is 19.5 Å². The van der Waals surface area contributed by atoms with Crippen molar-refractivity contribution in [2.24, 2.45) is 0 Å². The van der Waals surface area contributed by atoms with Gasteiger partial charge in [0.1, 0.15) is 0 Å². The predicted octanol–water partition coefficient (Wildman–Crippen LogP) is 1.44. The Hall–Kier alpha value is -2.97. The van der Waals surface area contributed by atoms with Crippen LogP contribution in [0.25, 0.3) is 0 Å². The Labute approximate surface area is 175 Å². The molecule has 2 N–H and O–H groups in total. The van der Waals surface area contributed by atoms with Gasteiger partial charge in [-0.3, -0.25) is 9.88 Å². The van der Waals surface area contributed by atoms with Crippen LogP contribution in [0, 0.1) is 0 Å². The van der Waals surface area contributed by atoms with Gasteiger partial charge >= 0.3 is 12.0 Å². The van der Waals surface area contributed by atoms with Crippen molar-refractivity contribution in [3.63, 3.8) is 0 Å². The van der Waals surface area contributed by atoms with E-state index in [-0.39, 0.29) is 11.6 Å². The highest BCUT2D eigenvalue weighted by Crippen LogP contribution is 2.19. The number of aromatic nitrogens is 1. The summed E-state index contributed by atoms with van der Waals surface area (Å²) in [5, 5.41) is 19.5. The molecule has 1 aromatic heterocycles. The molecular weight excluding hydrogens is 384 g/mol. The Bertz CT molecular complexity index is 918. The smallest absolute Gasteiger partial charge is 0.337 e. The second kappa shape index (κ2) is 8.81. The van der Waals surface area contributed by atoms with Gasteiger partial charge in [0, 0.05) is 45.5 Å². The molecule has 2 amide bonds. The van der Waals surface area contributed by atoms with Gasteiger partial charge in [0.05, 0.1) is 23.9 Å². The number of carboxylic acids is 1. The number of hydrogen-bond acceptors (Lipinski definition) is 5. The van der Waals surface area contributed by atoms with Gasteiger partial charge in [0.15, 0.2) is 0 Å². The number of fused-ring (bicyclic) bond motifs is 1. The summed E-state index contributed by atoms with van der Waals surface area (Å²) in [6, 6.07) is 11.4. The standard InChI is InChI=1S/C22H26N4O4/c27-20(14-24-8-7-16-3-1-2-4-18(16)12-24)15-26-10-9-25(22(26)30)13-19-6-5-17(11-23-19)21(28)29/h1-6,11,20,27H,7-10,12-15H2,(H,28,29)/t20-/m1/s1. The normalized spacial score (nSPS) is 17.8. The van der Waals surface area contributed by atoms with Crippen LogP contribution in [0.5, 0.6) is 0 Å². The second-order valence-electron chi connectivity index (χ2n) is 7.90. The zero-order valence-corrected chi connectivity index (χ0v) is 16.8. The van der Waals surface area contributed by atoms with Crippen molar-refractivity contribution in [3.8, 4) is 0 Å². The molecule has 1 atom stereocenters. The molecule has 2 aliphatic rings. The minimum absolute atomic E-state index is 0.122. The summed E-state index contributed by atoms with van der Waals surface area (Å²) in [5.41, 5.74) is 3.44. The third kappa shape index (κ3) is 4.60. The highest BCUT2D eigenvalue weighted by atomic mass is 16.4. The van der Waals surface area contributed by atoms with E-state index in [1.807, 2.05) is 6.07 Å². The van der Waals surface area contributed by atoms with Crippen LogP contribution in [0.1, 0.15) is 27.2 Å². The number of hydrogen-bond donors (Lipinski definition) is 2. The number of aliphatic hydroxyl groups is 1. The van der Waals surface area contributed by atoms with Gasteiger partial charge in [-0.2, -0.15) is 0 Å². The maximum Gasteiger partial charge on any atom is 0.337 e. The van der Waals surface area contributed by atoms with Crippen molar-refractivity contribution in [2.75, 3.05) is 32.7 Å². The minimum atomic E-state index is -1.02. The molecule has 2 aromatic rings. The average molecular weight is 410 g/mol. The summed E-state index contributed by atoms with van der Waals surface area (Å²) in [6.07, 6.45) is 1.68. The van der Waals surface area contributed by atoms with E-state index in [0.717, 1.165) is 19.5 Å². The van der Waals surface area contributed by atoms with Crippen molar-refractivity contribution in [2.45, 2.75) is 25.6 Å². The molecule has 0 unspecified atom stereocenters. The van der Waals surface area contributed by atoms with Crippen LogP contribution in [0.4, 0.5) is 4.79 Å². The molecule has 1 fully saturated rings. The number of aromatic carboxylic acids is 1. The Morgan fingerprint density at radius 2 is 1.80 bits per heavy atom. The van der Waals surface area contributed by atoms with Crippen molar-refractivity contribution < 1.29 is 19.8 Å². The number of benzene rings is 1. The van der Waals surface area contributed by atoms with Crippen LogP contribution < -0.4 is 0 Å². The Kier molecular flexibility index (Phi) is 5.96. The van der Waals surface area contributed by atoms with E-state index in [4.69, 9.17) is 5.11 Å². The van der Waals surface area contributed by atoms with Crippen LogP contribution >= 0.6 is 0 Å². The topological polar surface area (TPSA) is 97.2 Å². The Morgan fingerprint density at radius 3 is 2.53 bits per heavy atom. The number of carbonyl (C=O) groups excluding carboxylic acids is 1. The van der Waals surface area contributed by atoms with E-state index in [0.29, 0.717) is 38.4 Å². The first-order chi connectivity index (χ1) is 14.5. The lowest BCUT2D eigenvalue weighted by molar-refractivity contribution is 0.0696. The fraction of sp³-hybridized carbons (Fsp3) is 0.409. The molecule has 8 nitrogen and oxygen atoms in total. The van der Waals surface area contributed by atoms with Crippen LogP contribution in [0.2, 0.25) is 0 Å². The number of carbonyl (C=O) groups is 2. The van der Waals surface area contributed by atoms with Gasteiger partial charge in [-0.15, -0.1) is 0 Å². The first-order valence-corrected chi connectivity index (χ1v) is 10.2. The quantitative estimate of drug-likeness (QED) is 0.717. The van der Waals surface area contributed by atoms with E-state index in [9.17, 15) is 14.7 Å². The summed E-state index contributed by atoms with van der Waals surface area (Å²) in [6.45, 7) is 4.03. The molecule has 2 aliphatic heterocycles. The molecule has 0 saturated carbocycles. The Balaban J connectivity index is 1.27. The monoisotopic (exact) mass is 410 g/mol. The molecule has 0 aliphatic carbocycles. The first kappa shape index (κ1) is 20.3. The Morgan fingerprint density at radius 1 is 1.03 bits per heavy atom. The van der Waals surface area contributed by atoms with E-state index >= 15 is 0 Å². The highest BCUT2D eigenvalue weighted by Gasteiger charge is 2.30. The third-order valence-corrected chi connectivity index (χ3v) is 5.72. The van der Waals surface area contributed by atoms with Gasteiger partial charge in [-0.1, -0.05) is 24.3 Å². The number of pyridine rings is 1. The number of amides is 2. The molecular formula is C22H26N4O4. The largest absolute Gasteiger partial charge is 0.478 e. The summed E-state index contributed by atoms with van der Waals surface area (Å²) < 4.78 is 0. The number of β-amino-alcohol motifs (C(OH)–C–C–N with tert-alkyl or cyclic N) is 1. The van der Waals surface area contributed by atoms with E-state index in [2.05, 4.69) is 28.1 Å². The van der Waals surface area contributed by atoms with E-state index < -0.39 is 12.1 Å². The minimum Gasteiger partial charge on any atom is -0.478 e. The molecule has 3 heterocycles. The summed E-state index contributed by atoms with van der Waals surface area (Å²) in [7, 11) is 0. The zero-order chi connectivity index (χ0) is 21.1. The molecule has 1 saturated heterocycles. The molecule has 4 rings (SSSR count). The first-order valence-electron chi connectivity index (χ1n) is 10.2. The van der Waals surface area contributed by atoms with E-state index in [1.54, 1.807) is 15.9 Å². The fourth-order valence-corrected chi connectivity index (χ4v) is 4.11. The lowest BCUT2D eigenvalue weighted by atomic mass is 10.00. The lowest BCUT2D eigenvalue weighted by Crippen LogP contribution is -2.43. The van der Waals surface area contributed by atoms with Crippen molar-refractivity contribution >= 4 is 12.0 Å². The summed E-state index contributed by atoms with van der Waals surface area (Å²) in [4.78, 5) is 33.3. The summed E-state index contributed by atoms with van der Waals surface area (Å²) >= 11 is 0. The van der Waals surface area contributed by atoms with Crippen molar-refractivity contribution in [1.29, 1.82) is 0 Å². The van der Waals surface area contributed by atoms with Gasteiger partial charge in [0.25, 0.3) is 0 Å². The molecule has 8 heteroatoms. The maximum absolute atomic E-state index is 12.7. The molecule has 1 aromatic carbocycles. The van der Waals surface area contributed by atoms with Gasteiger partial charge in [-0.25, -0.2) is 9.59 Å². The summed E-state index contributed by atoms with van der Waals surface area (Å²) in [5.74, 6) is -1.02. The average Bonchev–Trinajstić information content (AvgIpc) is 3.07. The third-order valence-electron chi connectivity index (χ3n) is 5.72. The predicted molar refractivity (Wildman–Crippen MR) is 110 cm³/mol. The molecule has 0 spiro atoms. The zero-order valence-electron chi connectivity index (χ0n) is 16.8. The van der Waals surface area contributed by atoms with E-state index in [1.165, 1.54) is 23.4 Å². The van der Waals surface area contributed by atoms with Crippen LogP contribution in [-0.4, -0.2) is 80.7 Å². The lowest BCUT2D eigenvalue weighted by Gasteiger charge is -2.31. The van der Waals surface area contributed by atoms with Crippen molar-refractivity contribution in [3.05, 3.63) is 65.0 Å². The molecule has 158 valence electrons.